The number of rotatable bonds is 32. The van der Waals surface area contributed by atoms with Crippen LogP contribution in [0.5, 0.6) is 0 Å². The van der Waals surface area contributed by atoms with Crippen molar-refractivity contribution in [2.45, 2.75) is 193 Å². The van der Waals surface area contributed by atoms with Gasteiger partial charge in [0.25, 0.3) is 0 Å². The zero-order valence-corrected chi connectivity index (χ0v) is 27.6. The number of carboxylic acids is 1. The fraction of sp³-hybridized carbons (Fsp3) is 0.861. The molecule has 1 atom stereocenters. The van der Waals surface area contributed by atoms with Crippen LogP contribution in [0.15, 0.2) is 12.2 Å². The molecule has 1 amide bonds. The zero-order valence-electron chi connectivity index (χ0n) is 27.6. The van der Waals surface area contributed by atoms with Gasteiger partial charge in [-0.15, -0.1) is 0 Å². The summed E-state index contributed by atoms with van der Waals surface area (Å²) in [4.78, 5) is 34.7. The Morgan fingerprint density at radius 2 is 1.07 bits per heavy atom. The number of hydrogen-bond donors (Lipinski definition) is 2. The van der Waals surface area contributed by atoms with Gasteiger partial charge in [0.15, 0.2) is 0 Å². The molecule has 0 radical (unpaired) electrons. The molecule has 0 saturated carbocycles. The van der Waals surface area contributed by atoms with E-state index in [1.807, 2.05) is 0 Å². The molecule has 0 aliphatic carbocycles. The molecular weight excluding hydrogens is 526 g/mol. The number of carbonyl (C=O) groups is 3. The van der Waals surface area contributed by atoms with Crippen molar-refractivity contribution in [3.05, 3.63) is 12.2 Å². The highest BCUT2D eigenvalue weighted by atomic mass is 16.5. The third-order valence-corrected chi connectivity index (χ3v) is 7.92. The van der Waals surface area contributed by atoms with E-state index in [1.165, 1.54) is 96.3 Å². The van der Waals surface area contributed by atoms with Gasteiger partial charge in [-0.25, -0.2) is 0 Å². The van der Waals surface area contributed by atoms with Crippen LogP contribution in [0.1, 0.15) is 187 Å². The summed E-state index contributed by atoms with van der Waals surface area (Å²) in [5.74, 6) is -1.26. The Kier molecular flexibility index (Phi) is 30.7. The second kappa shape index (κ2) is 32.1. The molecule has 0 aliphatic rings. The highest BCUT2D eigenvalue weighted by Crippen LogP contribution is 2.16. The Morgan fingerprint density at radius 3 is 1.60 bits per heavy atom. The van der Waals surface area contributed by atoms with E-state index >= 15 is 0 Å². The maximum Gasteiger partial charge on any atom is 0.322 e. The predicted molar refractivity (Wildman–Crippen MR) is 176 cm³/mol. The molecule has 0 fully saturated rings. The van der Waals surface area contributed by atoms with Gasteiger partial charge in [-0.3, -0.25) is 14.4 Å². The van der Waals surface area contributed by atoms with Gasteiger partial charge in [0.1, 0.15) is 12.6 Å². The van der Waals surface area contributed by atoms with Crippen LogP contribution in [0.3, 0.4) is 0 Å². The number of esters is 1. The van der Waals surface area contributed by atoms with E-state index in [1.54, 1.807) is 0 Å². The molecule has 0 aromatic carbocycles. The summed E-state index contributed by atoms with van der Waals surface area (Å²) in [5, 5.41) is 11.0. The van der Waals surface area contributed by atoms with E-state index in [4.69, 9.17) is 9.84 Å². The molecule has 6 heteroatoms. The minimum absolute atomic E-state index is 0.0543. The Bertz CT molecular complexity index is 663. The highest BCUT2D eigenvalue weighted by molar-refractivity contribution is 5.80. The molecule has 0 aromatic heterocycles. The standard InChI is InChI=1S/C36H67NO5/c1-3-5-7-9-11-13-14-15-17-23-27-31-36(41)42-33(28-24-20-16-12-10-8-6-4-2)29-25-21-18-19-22-26-30-34(38)37-32-35(39)40/h24,28,33H,3-23,25-27,29-32H2,1-2H3,(H,37,38)(H,39,40)/b28-24-. The first kappa shape index (κ1) is 40.1. The quantitative estimate of drug-likeness (QED) is 0.0460. The molecule has 0 aliphatic heterocycles. The number of carboxylic acid groups (broad SMARTS) is 1. The molecule has 42 heavy (non-hydrogen) atoms. The maximum atomic E-state index is 12.6. The van der Waals surface area contributed by atoms with E-state index in [0.717, 1.165) is 64.2 Å². The molecule has 246 valence electrons. The van der Waals surface area contributed by atoms with Crippen LogP contribution in [0, 0.1) is 0 Å². The first-order chi connectivity index (χ1) is 20.5. The molecule has 0 saturated heterocycles. The van der Waals surface area contributed by atoms with Crippen molar-refractivity contribution in [3.8, 4) is 0 Å². The summed E-state index contributed by atoms with van der Waals surface area (Å²) in [6.07, 6.45) is 34.8. The lowest BCUT2D eigenvalue weighted by Gasteiger charge is -2.15. The minimum atomic E-state index is -1.02. The van der Waals surface area contributed by atoms with Gasteiger partial charge in [-0.2, -0.15) is 0 Å². The van der Waals surface area contributed by atoms with E-state index in [9.17, 15) is 14.4 Å². The van der Waals surface area contributed by atoms with Gasteiger partial charge in [0.05, 0.1) is 0 Å². The first-order valence-corrected chi connectivity index (χ1v) is 17.8. The third-order valence-electron chi connectivity index (χ3n) is 7.92. The summed E-state index contributed by atoms with van der Waals surface area (Å²) in [5.41, 5.74) is 0. The van der Waals surface area contributed by atoms with E-state index in [-0.39, 0.29) is 24.5 Å². The van der Waals surface area contributed by atoms with E-state index in [2.05, 4.69) is 31.3 Å². The molecule has 0 heterocycles. The van der Waals surface area contributed by atoms with Crippen molar-refractivity contribution >= 4 is 17.8 Å². The average molecular weight is 594 g/mol. The number of hydrogen-bond acceptors (Lipinski definition) is 4. The Morgan fingerprint density at radius 1 is 0.619 bits per heavy atom. The van der Waals surface area contributed by atoms with Crippen LogP contribution in [-0.4, -0.2) is 35.6 Å². The number of carbonyl (C=O) groups excluding carboxylic acids is 2. The van der Waals surface area contributed by atoms with Crippen LogP contribution >= 0.6 is 0 Å². The van der Waals surface area contributed by atoms with Crippen LogP contribution in [0.2, 0.25) is 0 Å². The average Bonchev–Trinajstić information content (AvgIpc) is 2.97. The summed E-state index contributed by atoms with van der Waals surface area (Å²) in [6.45, 7) is 4.20. The van der Waals surface area contributed by atoms with Crippen molar-refractivity contribution in [1.82, 2.24) is 5.32 Å². The summed E-state index contributed by atoms with van der Waals surface area (Å²) < 4.78 is 5.90. The van der Waals surface area contributed by atoms with Gasteiger partial charge in [0.2, 0.25) is 5.91 Å². The number of ether oxygens (including phenoxy) is 1. The second-order valence-electron chi connectivity index (χ2n) is 12.1. The van der Waals surface area contributed by atoms with Crippen molar-refractivity contribution in [3.63, 3.8) is 0 Å². The van der Waals surface area contributed by atoms with Gasteiger partial charge < -0.3 is 15.2 Å². The Hall–Kier alpha value is -1.85. The molecule has 1 unspecified atom stereocenters. The van der Waals surface area contributed by atoms with Crippen LogP contribution in [-0.2, 0) is 19.1 Å². The molecule has 6 nitrogen and oxygen atoms in total. The molecule has 2 N–H and O–H groups in total. The lowest BCUT2D eigenvalue weighted by Crippen LogP contribution is -2.28. The normalized spacial score (nSPS) is 12.0. The number of allylic oxidation sites excluding steroid dienone is 1. The van der Waals surface area contributed by atoms with Crippen molar-refractivity contribution in [1.29, 1.82) is 0 Å². The largest absolute Gasteiger partial charge is 0.480 e. The van der Waals surface area contributed by atoms with Gasteiger partial charge >= 0.3 is 11.9 Å². The fourth-order valence-electron chi connectivity index (χ4n) is 5.25. The van der Waals surface area contributed by atoms with Gasteiger partial charge in [-0.1, -0.05) is 142 Å². The second-order valence-corrected chi connectivity index (χ2v) is 12.1. The van der Waals surface area contributed by atoms with Gasteiger partial charge in [0, 0.05) is 12.8 Å². The summed E-state index contributed by atoms with van der Waals surface area (Å²) in [7, 11) is 0. The smallest absolute Gasteiger partial charge is 0.322 e. The Labute approximate surface area is 259 Å². The van der Waals surface area contributed by atoms with E-state index in [0.29, 0.717) is 12.8 Å². The van der Waals surface area contributed by atoms with Crippen LogP contribution in [0.4, 0.5) is 0 Å². The maximum absolute atomic E-state index is 12.6. The molecular formula is C36H67NO5. The number of amides is 1. The SMILES string of the molecule is CCCCCCCC/C=C\C(CCCCCCCCC(=O)NCC(=O)O)OC(=O)CCCCCCCCCCCCC. The number of aliphatic carboxylic acids is 1. The van der Waals surface area contributed by atoms with Gasteiger partial charge in [-0.05, 0) is 44.6 Å². The predicted octanol–water partition coefficient (Wildman–Crippen LogP) is 10.2. The van der Waals surface area contributed by atoms with Crippen molar-refractivity contribution in [2.75, 3.05) is 6.54 Å². The Balaban J connectivity index is 4.16. The number of unbranched alkanes of at least 4 members (excludes halogenated alkanes) is 21. The molecule has 0 bridgehead atoms. The molecule has 0 rings (SSSR count). The zero-order chi connectivity index (χ0) is 30.9. The lowest BCUT2D eigenvalue weighted by molar-refractivity contribution is -0.147. The minimum Gasteiger partial charge on any atom is -0.480 e. The topological polar surface area (TPSA) is 92.7 Å². The third kappa shape index (κ3) is 31.1. The molecule has 0 spiro atoms. The van der Waals surface area contributed by atoms with Crippen molar-refractivity contribution < 1.29 is 24.2 Å². The summed E-state index contributed by atoms with van der Waals surface area (Å²) >= 11 is 0. The highest BCUT2D eigenvalue weighted by Gasteiger charge is 2.11. The lowest BCUT2D eigenvalue weighted by atomic mass is 10.0. The van der Waals surface area contributed by atoms with Crippen molar-refractivity contribution in [2.24, 2.45) is 0 Å². The van der Waals surface area contributed by atoms with Crippen LogP contribution in [0.25, 0.3) is 0 Å². The fourth-order valence-corrected chi connectivity index (χ4v) is 5.25. The molecule has 0 aromatic rings. The van der Waals surface area contributed by atoms with Crippen LogP contribution < -0.4 is 5.32 Å². The first-order valence-electron chi connectivity index (χ1n) is 17.8. The van der Waals surface area contributed by atoms with E-state index < -0.39 is 5.97 Å². The monoisotopic (exact) mass is 594 g/mol. The number of nitrogens with one attached hydrogen (secondary N) is 1. The summed E-state index contributed by atoms with van der Waals surface area (Å²) in [6, 6.07) is 0.